The predicted molar refractivity (Wildman–Crippen MR) is 43.9 cm³/mol. The Morgan fingerprint density at radius 1 is 1.10 bits per heavy atom. The van der Waals surface area contributed by atoms with E-state index in [0.717, 1.165) is 11.1 Å². The second-order valence-corrected chi connectivity index (χ2v) is 2.42. The van der Waals surface area contributed by atoms with Gasteiger partial charge in [0.15, 0.2) is 0 Å². The van der Waals surface area contributed by atoms with Gasteiger partial charge in [-0.3, -0.25) is 0 Å². The third-order valence-corrected chi connectivity index (χ3v) is 1.72. The summed E-state index contributed by atoms with van der Waals surface area (Å²) in [7, 11) is 0. The van der Waals surface area contributed by atoms with E-state index in [2.05, 4.69) is 0 Å². The molecule has 1 aromatic carbocycles. The Morgan fingerprint density at radius 3 is 2.00 bits per heavy atom. The number of rotatable bonds is 2. The van der Waals surface area contributed by atoms with E-state index >= 15 is 0 Å². The van der Waals surface area contributed by atoms with Crippen molar-refractivity contribution in [1.29, 1.82) is 0 Å². The predicted octanol–water partition coefficient (Wildman–Crippen LogP) is 1.88. The topological polar surface area (TPSA) is 26.0 Å². The number of nitrogens with two attached hydrogens (primary N) is 1. The zero-order valence-electron chi connectivity index (χ0n) is 5.68. The van der Waals surface area contributed by atoms with Crippen LogP contribution in [0.5, 0.6) is 0 Å². The number of hydrogen-bond acceptors (Lipinski definition) is 1. The van der Waals surface area contributed by atoms with E-state index in [-0.39, 0.29) is 0 Å². The summed E-state index contributed by atoms with van der Waals surface area (Å²) < 4.78 is 0. The van der Waals surface area contributed by atoms with E-state index in [1.54, 1.807) is 0 Å². The van der Waals surface area contributed by atoms with E-state index in [9.17, 15) is 0 Å². The molecule has 0 fully saturated rings. The van der Waals surface area contributed by atoms with Gasteiger partial charge in [0.25, 0.3) is 0 Å². The maximum absolute atomic E-state index is 5.59. The van der Waals surface area contributed by atoms with Gasteiger partial charge in [0, 0.05) is 12.4 Å². The van der Waals surface area contributed by atoms with E-state index in [1.807, 2.05) is 24.3 Å². The van der Waals surface area contributed by atoms with Gasteiger partial charge >= 0.3 is 0 Å². The second kappa shape index (κ2) is 3.59. The molecule has 0 aliphatic heterocycles. The Morgan fingerprint density at radius 2 is 1.60 bits per heavy atom. The van der Waals surface area contributed by atoms with Gasteiger partial charge in [0.1, 0.15) is 0 Å². The highest BCUT2D eigenvalue weighted by atomic mass is 35.5. The fourth-order valence-corrected chi connectivity index (χ4v) is 0.943. The van der Waals surface area contributed by atoms with Crippen LogP contribution in [-0.4, -0.2) is 0 Å². The number of benzene rings is 1. The van der Waals surface area contributed by atoms with Crippen LogP contribution < -0.4 is 5.73 Å². The average molecular weight is 156 g/mol. The van der Waals surface area contributed by atoms with Gasteiger partial charge in [-0.2, -0.15) is 0 Å². The lowest BCUT2D eigenvalue weighted by molar-refractivity contribution is 1.07. The van der Waals surface area contributed by atoms with Gasteiger partial charge in [-0.15, -0.1) is 11.6 Å². The van der Waals surface area contributed by atoms with Crippen molar-refractivity contribution in [2.24, 2.45) is 5.73 Å². The van der Waals surface area contributed by atoms with Crippen molar-refractivity contribution in [3.05, 3.63) is 35.4 Å². The van der Waals surface area contributed by atoms with Gasteiger partial charge in [0.05, 0.1) is 0 Å². The van der Waals surface area contributed by atoms with E-state index in [1.165, 1.54) is 0 Å². The third kappa shape index (κ3) is 1.72. The maximum Gasteiger partial charge on any atom is 0.0474 e. The van der Waals surface area contributed by atoms with Crippen LogP contribution in [-0.2, 0) is 12.4 Å². The molecule has 0 spiro atoms. The molecule has 0 unspecified atom stereocenters. The van der Waals surface area contributed by atoms with E-state index in [0.29, 0.717) is 12.4 Å². The first-order valence-corrected chi connectivity index (χ1v) is 3.74. The summed E-state index contributed by atoms with van der Waals surface area (Å²) in [6, 6.07) is 7.99. The van der Waals surface area contributed by atoms with Crippen LogP contribution in [0.2, 0.25) is 0 Å². The molecule has 0 bridgehead atoms. The lowest BCUT2D eigenvalue weighted by Crippen LogP contribution is -1.95. The summed E-state index contributed by atoms with van der Waals surface area (Å²) in [5, 5.41) is 0. The van der Waals surface area contributed by atoms with Crippen LogP contribution in [0, 0.1) is 0 Å². The van der Waals surface area contributed by atoms with Gasteiger partial charge in [-0.05, 0) is 11.1 Å². The van der Waals surface area contributed by atoms with Crippen molar-refractivity contribution in [3.63, 3.8) is 0 Å². The fourth-order valence-electron chi connectivity index (χ4n) is 0.764. The molecule has 2 heteroatoms. The lowest BCUT2D eigenvalue weighted by Gasteiger charge is -1.96. The SMILES string of the molecule is NCc1ccc(CCl)cc1. The molecular weight excluding hydrogens is 146 g/mol. The van der Waals surface area contributed by atoms with Gasteiger partial charge < -0.3 is 5.73 Å². The molecule has 0 aliphatic carbocycles. The molecule has 1 aromatic rings. The Labute approximate surface area is 65.8 Å². The van der Waals surface area contributed by atoms with Crippen LogP contribution in [0.15, 0.2) is 24.3 Å². The van der Waals surface area contributed by atoms with Gasteiger partial charge in [-0.25, -0.2) is 0 Å². The summed E-state index contributed by atoms with van der Waals surface area (Å²) >= 11 is 5.59. The summed E-state index contributed by atoms with van der Waals surface area (Å²) in [6.07, 6.45) is 0. The molecule has 0 heterocycles. The molecule has 0 saturated carbocycles. The summed E-state index contributed by atoms with van der Waals surface area (Å²) in [5.74, 6) is 0.574. The van der Waals surface area contributed by atoms with E-state index in [4.69, 9.17) is 17.3 Å². The smallest absolute Gasteiger partial charge is 0.0474 e. The molecule has 1 nitrogen and oxygen atoms in total. The summed E-state index contributed by atoms with van der Waals surface area (Å²) in [4.78, 5) is 0. The van der Waals surface area contributed by atoms with Gasteiger partial charge in [-0.1, -0.05) is 24.3 Å². The van der Waals surface area contributed by atoms with Crippen molar-refractivity contribution >= 4 is 11.6 Å². The van der Waals surface area contributed by atoms with Crippen molar-refractivity contribution in [2.75, 3.05) is 0 Å². The first-order valence-electron chi connectivity index (χ1n) is 3.20. The minimum Gasteiger partial charge on any atom is -0.326 e. The highest BCUT2D eigenvalue weighted by molar-refractivity contribution is 6.17. The number of halogens is 1. The quantitative estimate of drug-likeness (QED) is 0.649. The van der Waals surface area contributed by atoms with Crippen LogP contribution in [0.1, 0.15) is 11.1 Å². The molecular formula is C8H10ClN. The first kappa shape index (κ1) is 7.58. The van der Waals surface area contributed by atoms with Crippen molar-refractivity contribution in [2.45, 2.75) is 12.4 Å². The minimum atomic E-state index is 0.574. The standard InChI is InChI=1S/C8H10ClN/c9-5-7-1-3-8(6-10)4-2-7/h1-4H,5-6,10H2. The summed E-state index contributed by atoms with van der Waals surface area (Å²) in [6.45, 7) is 0.600. The Kier molecular flexibility index (Phi) is 2.72. The highest BCUT2D eigenvalue weighted by Gasteiger charge is 1.89. The average Bonchev–Trinajstić information content (AvgIpc) is 2.05. The zero-order chi connectivity index (χ0) is 7.40. The largest absolute Gasteiger partial charge is 0.326 e. The van der Waals surface area contributed by atoms with Crippen molar-refractivity contribution < 1.29 is 0 Å². The van der Waals surface area contributed by atoms with Crippen LogP contribution in [0.25, 0.3) is 0 Å². The van der Waals surface area contributed by atoms with Crippen molar-refractivity contribution in [3.8, 4) is 0 Å². The van der Waals surface area contributed by atoms with Gasteiger partial charge in [0.2, 0.25) is 0 Å². The monoisotopic (exact) mass is 155 g/mol. The molecule has 10 heavy (non-hydrogen) atoms. The zero-order valence-corrected chi connectivity index (χ0v) is 6.43. The Bertz CT molecular complexity index is 170. The third-order valence-electron chi connectivity index (χ3n) is 1.41. The van der Waals surface area contributed by atoms with E-state index < -0.39 is 0 Å². The molecule has 0 atom stereocenters. The molecule has 0 aromatic heterocycles. The number of alkyl halides is 1. The fraction of sp³-hybridized carbons (Fsp3) is 0.250. The molecule has 0 saturated heterocycles. The Hall–Kier alpha value is -0.530. The molecule has 1 rings (SSSR count). The molecule has 0 amide bonds. The molecule has 0 radical (unpaired) electrons. The molecule has 0 aliphatic rings. The highest BCUT2D eigenvalue weighted by Crippen LogP contribution is 2.05. The molecule has 2 N–H and O–H groups in total. The van der Waals surface area contributed by atoms with Crippen molar-refractivity contribution in [1.82, 2.24) is 0 Å². The van der Waals surface area contributed by atoms with Crippen LogP contribution in [0.4, 0.5) is 0 Å². The van der Waals surface area contributed by atoms with Crippen LogP contribution >= 0.6 is 11.6 Å². The lowest BCUT2D eigenvalue weighted by atomic mass is 10.1. The minimum absolute atomic E-state index is 0.574. The second-order valence-electron chi connectivity index (χ2n) is 2.15. The normalized spacial score (nSPS) is 9.80. The Balaban J connectivity index is 2.80. The number of hydrogen-bond donors (Lipinski definition) is 1. The first-order chi connectivity index (χ1) is 4.86. The maximum atomic E-state index is 5.59. The summed E-state index contributed by atoms with van der Waals surface area (Å²) in [5.41, 5.74) is 7.69. The molecule has 54 valence electrons. The van der Waals surface area contributed by atoms with Crippen LogP contribution in [0.3, 0.4) is 0 Å².